The third-order valence-corrected chi connectivity index (χ3v) is 3.95. The molecule has 0 unspecified atom stereocenters. The highest BCUT2D eigenvalue weighted by Crippen LogP contribution is 2.19. The molecular weight excluding hydrogens is 393 g/mol. The van der Waals surface area contributed by atoms with Crippen molar-refractivity contribution in [3.63, 3.8) is 0 Å². The molecule has 0 spiro atoms. The summed E-state index contributed by atoms with van der Waals surface area (Å²) in [6, 6.07) is 9.81. The van der Waals surface area contributed by atoms with Gasteiger partial charge in [-0.05, 0) is 58.4 Å². The molecule has 25 heavy (non-hydrogen) atoms. The lowest BCUT2D eigenvalue weighted by Crippen LogP contribution is -2.15. The van der Waals surface area contributed by atoms with Crippen molar-refractivity contribution < 1.29 is 23.5 Å². The topological polar surface area (TPSA) is 72.5 Å². The fraction of sp³-hybridized carbons (Fsp3) is 0.167. The molecule has 0 bridgehead atoms. The number of benzene rings is 2. The first-order valence-electron chi connectivity index (χ1n) is 7.46. The van der Waals surface area contributed by atoms with Gasteiger partial charge in [-0.1, -0.05) is 6.92 Å². The fourth-order valence-electron chi connectivity index (χ4n) is 1.94. The number of halogens is 2. The van der Waals surface area contributed by atoms with Crippen molar-refractivity contribution >= 4 is 39.3 Å². The predicted octanol–water partition coefficient (Wildman–Crippen LogP) is 3.98. The lowest BCUT2D eigenvalue weighted by atomic mass is 10.1. The standard InChI is InChI=1S/C18H15BrFNO4/c1-2-17(23)21-13-6-3-11(4-7-13)16(22)10-25-18(24)14-8-5-12(20)9-15(14)19/h3-9H,2,10H2,1H3,(H,21,23). The van der Waals surface area contributed by atoms with Gasteiger partial charge in [-0.3, -0.25) is 9.59 Å². The first kappa shape index (κ1) is 18.8. The Labute approximate surface area is 152 Å². The first-order chi connectivity index (χ1) is 11.9. The van der Waals surface area contributed by atoms with Gasteiger partial charge in [0.05, 0.1) is 5.56 Å². The lowest BCUT2D eigenvalue weighted by molar-refractivity contribution is -0.115. The number of esters is 1. The van der Waals surface area contributed by atoms with Gasteiger partial charge in [-0.15, -0.1) is 0 Å². The highest BCUT2D eigenvalue weighted by atomic mass is 79.9. The highest BCUT2D eigenvalue weighted by Gasteiger charge is 2.15. The number of hydrogen-bond acceptors (Lipinski definition) is 4. The zero-order chi connectivity index (χ0) is 18.4. The van der Waals surface area contributed by atoms with Gasteiger partial charge in [0.15, 0.2) is 12.4 Å². The van der Waals surface area contributed by atoms with Crippen molar-refractivity contribution in [2.75, 3.05) is 11.9 Å². The molecule has 2 aromatic rings. The van der Waals surface area contributed by atoms with Crippen LogP contribution in [0.4, 0.5) is 10.1 Å². The maximum atomic E-state index is 13.0. The van der Waals surface area contributed by atoms with Crippen LogP contribution in [-0.4, -0.2) is 24.3 Å². The first-order valence-corrected chi connectivity index (χ1v) is 8.25. The Morgan fingerprint density at radius 1 is 1.12 bits per heavy atom. The Morgan fingerprint density at radius 3 is 2.40 bits per heavy atom. The molecule has 0 atom stereocenters. The average Bonchev–Trinajstić information content (AvgIpc) is 2.60. The number of carbonyl (C=O) groups is 3. The fourth-order valence-corrected chi connectivity index (χ4v) is 2.45. The third kappa shape index (κ3) is 5.22. The molecule has 0 aliphatic rings. The molecular formula is C18H15BrFNO4. The molecule has 0 radical (unpaired) electrons. The molecule has 2 aromatic carbocycles. The summed E-state index contributed by atoms with van der Waals surface area (Å²) in [5, 5.41) is 2.67. The zero-order valence-electron chi connectivity index (χ0n) is 13.3. The van der Waals surface area contributed by atoms with Crippen molar-refractivity contribution in [3.8, 4) is 0 Å². The largest absolute Gasteiger partial charge is 0.454 e. The van der Waals surface area contributed by atoms with Gasteiger partial charge >= 0.3 is 5.97 Å². The quantitative estimate of drug-likeness (QED) is 0.580. The Bertz CT molecular complexity index is 805. The predicted molar refractivity (Wildman–Crippen MR) is 94.1 cm³/mol. The maximum Gasteiger partial charge on any atom is 0.339 e. The van der Waals surface area contributed by atoms with E-state index in [1.807, 2.05) is 0 Å². The molecule has 1 N–H and O–H groups in total. The van der Waals surface area contributed by atoms with Crippen LogP contribution in [0.2, 0.25) is 0 Å². The van der Waals surface area contributed by atoms with E-state index in [1.54, 1.807) is 19.1 Å². The van der Waals surface area contributed by atoms with E-state index >= 15 is 0 Å². The Kier molecular flexibility index (Phi) is 6.41. The van der Waals surface area contributed by atoms with Crippen molar-refractivity contribution in [3.05, 3.63) is 63.9 Å². The highest BCUT2D eigenvalue weighted by molar-refractivity contribution is 9.10. The molecule has 0 aliphatic heterocycles. The van der Waals surface area contributed by atoms with Gasteiger partial charge < -0.3 is 10.1 Å². The number of anilines is 1. The Balaban J connectivity index is 1.95. The number of nitrogens with one attached hydrogen (secondary N) is 1. The van der Waals surface area contributed by atoms with Gasteiger partial charge in [-0.2, -0.15) is 0 Å². The summed E-state index contributed by atoms with van der Waals surface area (Å²) in [6.45, 7) is 1.30. The molecule has 1 amide bonds. The van der Waals surface area contributed by atoms with Crippen molar-refractivity contribution in [2.24, 2.45) is 0 Å². The van der Waals surface area contributed by atoms with Crippen molar-refractivity contribution in [1.82, 2.24) is 0 Å². The van der Waals surface area contributed by atoms with Crippen molar-refractivity contribution in [2.45, 2.75) is 13.3 Å². The summed E-state index contributed by atoms with van der Waals surface area (Å²) in [5.41, 5.74) is 1.06. The second kappa shape index (κ2) is 8.53. The summed E-state index contributed by atoms with van der Waals surface area (Å²) in [4.78, 5) is 35.3. The summed E-state index contributed by atoms with van der Waals surface area (Å²) >= 11 is 3.07. The van der Waals surface area contributed by atoms with E-state index in [0.29, 0.717) is 17.7 Å². The van der Waals surface area contributed by atoms with Crippen LogP contribution in [-0.2, 0) is 9.53 Å². The molecule has 0 aromatic heterocycles. The molecule has 0 fully saturated rings. The monoisotopic (exact) mass is 407 g/mol. The summed E-state index contributed by atoms with van der Waals surface area (Å²) in [5.74, 6) is -1.74. The smallest absolute Gasteiger partial charge is 0.339 e. The van der Waals surface area contributed by atoms with Crippen LogP contribution in [0.3, 0.4) is 0 Å². The number of hydrogen-bond donors (Lipinski definition) is 1. The van der Waals surface area contributed by atoms with Gasteiger partial charge in [0, 0.05) is 22.1 Å². The number of ether oxygens (including phenoxy) is 1. The van der Waals surface area contributed by atoms with Crippen LogP contribution in [0.1, 0.15) is 34.1 Å². The van der Waals surface area contributed by atoms with Gasteiger partial charge in [-0.25, -0.2) is 9.18 Å². The van der Waals surface area contributed by atoms with Crippen LogP contribution in [0, 0.1) is 5.82 Å². The minimum Gasteiger partial charge on any atom is -0.454 e. The number of rotatable bonds is 6. The van der Waals surface area contributed by atoms with Gasteiger partial charge in [0.25, 0.3) is 0 Å². The number of amides is 1. The van der Waals surface area contributed by atoms with Crippen LogP contribution in [0.25, 0.3) is 0 Å². The van der Waals surface area contributed by atoms with Crippen LogP contribution < -0.4 is 5.32 Å². The van der Waals surface area contributed by atoms with E-state index < -0.39 is 18.4 Å². The Hall–Kier alpha value is -2.54. The van der Waals surface area contributed by atoms with Crippen LogP contribution in [0.15, 0.2) is 46.9 Å². The molecule has 130 valence electrons. The number of ketones is 1. The van der Waals surface area contributed by atoms with Crippen LogP contribution >= 0.6 is 15.9 Å². The van der Waals surface area contributed by atoms with E-state index in [0.717, 1.165) is 12.1 Å². The van der Waals surface area contributed by atoms with E-state index in [9.17, 15) is 18.8 Å². The van der Waals surface area contributed by atoms with Gasteiger partial charge in [0.1, 0.15) is 5.82 Å². The summed E-state index contributed by atoms with van der Waals surface area (Å²) < 4.78 is 18.2. The van der Waals surface area contributed by atoms with E-state index in [2.05, 4.69) is 21.2 Å². The SMILES string of the molecule is CCC(=O)Nc1ccc(C(=O)COC(=O)c2ccc(F)cc2Br)cc1. The average molecular weight is 408 g/mol. The molecule has 5 nitrogen and oxygen atoms in total. The van der Waals surface area contributed by atoms with E-state index in [-0.39, 0.29) is 21.7 Å². The van der Waals surface area contributed by atoms with E-state index in [1.165, 1.54) is 18.2 Å². The molecule has 0 saturated heterocycles. The van der Waals surface area contributed by atoms with E-state index in [4.69, 9.17) is 4.74 Å². The normalized spacial score (nSPS) is 10.2. The third-order valence-electron chi connectivity index (χ3n) is 3.30. The Morgan fingerprint density at radius 2 is 1.80 bits per heavy atom. The lowest BCUT2D eigenvalue weighted by Gasteiger charge is -2.07. The molecule has 0 saturated carbocycles. The molecule has 0 aliphatic carbocycles. The summed E-state index contributed by atoms with van der Waals surface area (Å²) in [7, 11) is 0. The molecule has 7 heteroatoms. The molecule has 0 heterocycles. The minimum atomic E-state index is -0.730. The second-order valence-corrected chi connectivity index (χ2v) is 5.96. The maximum absolute atomic E-state index is 13.0. The van der Waals surface area contributed by atoms with Gasteiger partial charge in [0.2, 0.25) is 5.91 Å². The number of carbonyl (C=O) groups excluding carboxylic acids is 3. The second-order valence-electron chi connectivity index (χ2n) is 5.10. The minimum absolute atomic E-state index is 0.127. The summed E-state index contributed by atoms with van der Waals surface area (Å²) in [6.07, 6.45) is 0.357. The number of Topliss-reactive ketones (excluding diaryl/α,β-unsaturated/α-hetero) is 1. The van der Waals surface area contributed by atoms with Crippen LogP contribution in [0.5, 0.6) is 0 Å². The molecule has 2 rings (SSSR count). The zero-order valence-corrected chi connectivity index (χ0v) is 14.9. The van der Waals surface area contributed by atoms with Crippen molar-refractivity contribution in [1.29, 1.82) is 0 Å².